The van der Waals surface area contributed by atoms with Gasteiger partial charge in [-0.1, -0.05) is 140 Å². The van der Waals surface area contributed by atoms with Crippen LogP contribution in [0.15, 0.2) is 194 Å². The Morgan fingerprint density at radius 3 is 1.77 bits per heavy atom. The van der Waals surface area contributed by atoms with Gasteiger partial charge in [-0.3, -0.25) is 4.57 Å². The van der Waals surface area contributed by atoms with Crippen LogP contribution in [0, 0.1) is 0 Å². The van der Waals surface area contributed by atoms with Crippen molar-refractivity contribution in [2.75, 3.05) is 0 Å². The molecule has 0 spiro atoms. The van der Waals surface area contributed by atoms with Gasteiger partial charge >= 0.3 is 0 Å². The standard InChI is InChI=1S/C52H32N4/c1-3-15-33(16-4-1)36-27-28-47-42(30-36)43-29-34-17-7-8-18-35(34)32-48(43)56(47)52-53-45-25-13-11-24-41(45)50(54-52)49-39-22-10-9-19-37(39)31-44-40-23-12-14-26-46(40)55(51(44)49)38-20-5-2-6-21-38/h1-32H. The predicted octanol–water partition coefficient (Wildman–Crippen LogP) is 13.5. The maximum Gasteiger partial charge on any atom is 0.235 e. The molecule has 0 saturated carbocycles. The summed E-state index contributed by atoms with van der Waals surface area (Å²) in [6, 6.07) is 69.6. The molecule has 0 aliphatic rings. The summed E-state index contributed by atoms with van der Waals surface area (Å²) >= 11 is 0. The lowest BCUT2D eigenvalue weighted by Crippen LogP contribution is -2.04. The van der Waals surface area contributed by atoms with E-state index in [-0.39, 0.29) is 0 Å². The van der Waals surface area contributed by atoms with Crippen LogP contribution in [-0.4, -0.2) is 19.1 Å². The maximum absolute atomic E-state index is 5.72. The summed E-state index contributed by atoms with van der Waals surface area (Å²) in [5.41, 5.74) is 10.8. The molecule has 0 aliphatic carbocycles. The Kier molecular flexibility index (Phi) is 6.60. The number of benzene rings is 9. The molecular weight excluding hydrogens is 681 g/mol. The number of aromatic nitrogens is 4. The zero-order valence-corrected chi connectivity index (χ0v) is 30.3. The van der Waals surface area contributed by atoms with Gasteiger partial charge in [-0.2, -0.15) is 0 Å². The number of fused-ring (bicyclic) bond motifs is 9. The molecule has 0 aliphatic heterocycles. The number of rotatable bonds is 4. The van der Waals surface area contributed by atoms with Gasteiger partial charge in [0.25, 0.3) is 0 Å². The summed E-state index contributed by atoms with van der Waals surface area (Å²) < 4.78 is 4.69. The van der Waals surface area contributed by atoms with Crippen molar-refractivity contribution in [1.82, 2.24) is 19.1 Å². The van der Waals surface area contributed by atoms with Gasteiger partial charge in [-0.15, -0.1) is 0 Å². The van der Waals surface area contributed by atoms with Crippen LogP contribution in [0.5, 0.6) is 0 Å². The van der Waals surface area contributed by atoms with E-state index in [4.69, 9.17) is 9.97 Å². The van der Waals surface area contributed by atoms with E-state index in [1.807, 2.05) is 0 Å². The zero-order chi connectivity index (χ0) is 36.7. The Morgan fingerprint density at radius 2 is 0.946 bits per heavy atom. The van der Waals surface area contributed by atoms with Gasteiger partial charge in [0, 0.05) is 38.2 Å². The van der Waals surface area contributed by atoms with Gasteiger partial charge < -0.3 is 4.57 Å². The molecule has 260 valence electrons. The van der Waals surface area contributed by atoms with Crippen LogP contribution in [0.3, 0.4) is 0 Å². The molecule has 12 aromatic rings. The summed E-state index contributed by atoms with van der Waals surface area (Å²) in [5.74, 6) is 0.643. The van der Waals surface area contributed by atoms with Crippen LogP contribution >= 0.6 is 0 Å². The molecule has 0 bridgehead atoms. The molecule has 0 atom stereocenters. The maximum atomic E-state index is 5.72. The van der Waals surface area contributed by atoms with Crippen LogP contribution in [0.2, 0.25) is 0 Å². The van der Waals surface area contributed by atoms with E-state index in [9.17, 15) is 0 Å². The number of hydrogen-bond donors (Lipinski definition) is 0. The summed E-state index contributed by atoms with van der Waals surface area (Å²) in [6.45, 7) is 0. The fourth-order valence-electron chi connectivity index (χ4n) is 8.96. The molecule has 4 nitrogen and oxygen atoms in total. The summed E-state index contributed by atoms with van der Waals surface area (Å²) in [5, 5.41) is 10.5. The average Bonchev–Trinajstić information content (AvgIpc) is 3.76. The summed E-state index contributed by atoms with van der Waals surface area (Å²) in [6.07, 6.45) is 0. The predicted molar refractivity (Wildman–Crippen MR) is 234 cm³/mol. The number of hydrogen-bond acceptors (Lipinski definition) is 2. The van der Waals surface area contributed by atoms with Crippen molar-refractivity contribution in [3.8, 4) is 34.0 Å². The largest absolute Gasteiger partial charge is 0.309 e. The van der Waals surface area contributed by atoms with Crippen LogP contribution in [0.4, 0.5) is 0 Å². The van der Waals surface area contributed by atoms with E-state index in [1.165, 1.54) is 48.8 Å². The van der Waals surface area contributed by atoms with Crippen molar-refractivity contribution in [1.29, 1.82) is 0 Å². The third-order valence-corrected chi connectivity index (χ3v) is 11.5. The first-order valence-electron chi connectivity index (χ1n) is 19.1. The smallest absolute Gasteiger partial charge is 0.235 e. The first-order chi connectivity index (χ1) is 27.8. The van der Waals surface area contributed by atoms with Crippen molar-refractivity contribution < 1.29 is 0 Å². The molecule has 9 aromatic carbocycles. The van der Waals surface area contributed by atoms with E-state index < -0.39 is 0 Å². The second-order valence-electron chi connectivity index (χ2n) is 14.6. The van der Waals surface area contributed by atoms with Crippen molar-refractivity contribution >= 4 is 76.1 Å². The normalized spacial score (nSPS) is 11.9. The highest BCUT2D eigenvalue weighted by molar-refractivity contribution is 6.23. The molecule has 0 saturated heterocycles. The molecule has 3 aromatic heterocycles. The molecule has 3 heterocycles. The average molecular weight is 713 g/mol. The second-order valence-corrected chi connectivity index (χ2v) is 14.6. The van der Waals surface area contributed by atoms with E-state index >= 15 is 0 Å². The van der Waals surface area contributed by atoms with E-state index in [2.05, 4.69) is 203 Å². The first-order valence-corrected chi connectivity index (χ1v) is 19.1. The molecule has 56 heavy (non-hydrogen) atoms. The molecule has 4 heteroatoms. The van der Waals surface area contributed by atoms with Gasteiger partial charge in [-0.25, -0.2) is 9.97 Å². The number of nitrogens with zero attached hydrogens (tertiary/aromatic N) is 4. The quantitative estimate of drug-likeness (QED) is 0.182. The Balaban J connectivity index is 1.24. The van der Waals surface area contributed by atoms with Gasteiger partial charge in [0.05, 0.1) is 33.3 Å². The molecule has 0 N–H and O–H groups in total. The van der Waals surface area contributed by atoms with Crippen LogP contribution in [0.1, 0.15) is 0 Å². The van der Waals surface area contributed by atoms with Gasteiger partial charge in [0.15, 0.2) is 0 Å². The summed E-state index contributed by atoms with van der Waals surface area (Å²) in [7, 11) is 0. The molecule has 0 fully saturated rings. The summed E-state index contributed by atoms with van der Waals surface area (Å²) in [4.78, 5) is 11.1. The fraction of sp³-hybridized carbons (Fsp3) is 0. The second kappa shape index (κ2) is 12.0. The van der Waals surface area contributed by atoms with E-state index in [0.29, 0.717) is 5.95 Å². The van der Waals surface area contributed by atoms with Crippen LogP contribution in [-0.2, 0) is 0 Å². The van der Waals surface area contributed by atoms with Crippen molar-refractivity contribution in [2.45, 2.75) is 0 Å². The Bertz CT molecular complexity index is 3520. The third kappa shape index (κ3) is 4.53. The number of para-hydroxylation sites is 3. The molecule has 0 radical (unpaired) electrons. The SMILES string of the molecule is c1ccc(-c2ccc3c(c2)c2cc4ccccc4cc2n3-c2nc(-c3c4ccccc4cc4c5ccccc5n(-c5ccccc5)c34)c3ccccc3n2)cc1. The lowest BCUT2D eigenvalue weighted by atomic mass is 9.95. The monoisotopic (exact) mass is 712 g/mol. The van der Waals surface area contributed by atoms with Crippen molar-refractivity contribution in [3.05, 3.63) is 194 Å². The minimum atomic E-state index is 0.643. The van der Waals surface area contributed by atoms with Crippen molar-refractivity contribution in [2.24, 2.45) is 0 Å². The molecule has 12 rings (SSSR count). The van der Waals surface area contributed by atoms with Crippen molar-refractivity contribution in [3.63, 3.8) is 0 Å². The highest BCUT2D eigenvalue weighted by Crippen LogP contribution is 2.44. The lowest BCUT2D eigenvalue weighted by Gasteiger charge is -2.17. The highest BCUT2D eigenvalue weighted by Gasteiger charge is 2.24. The highest BCUT2D eigenvalue weighted by atomic mass is 15.2. The molecule has 0 amide bonds. The minimum absolute atomic E-state index is 0.643. The Labute approximate surface area is 322 Å². The first kappa shape index (κ1) is 30.9. The third-order valence-electron chi connectivity index (χ3n) is 11.5. The van der Waals surface area contributed by atoms with E-state index in [0.717, 1.165) is 55.3 Å². The zero-order valence-electron chi connectivity index (χ0n) is 30.3. The Hall–Kier alpha value is -7.56. The lowest BCUT2D eigenvalue weighted by molar-refractivity contribution is 1.01. The van der Waals surface area contributed by atoms with Crippen LogP contribution in [0.25, 0.3) is 110 Å². The minimum Gasteiger partial charge on any atom is -0.309 e. The van der Waals surface area contributed by atoms with Gasteiger partial charge in [-0.05, 0) is 87.3 Å². The topological polar surface area (TPSA) is 35.6 Å². The molecule has 0 unspecified atom stereocenters. The Morgan fingerprint density at radius 1 is 0.339 bits per heavy atom. The van der Waals surface area contributed by atoms with Gasteiger partial charge in [0.1, 0.15) is 0 Å². The fourth-order valence-corrected chi connectivity index (χ4v) is 8.96. The van der Waals surface area contributed by atoms with E-state index in [1.54, 1.807) is 0 Å². The van der Waals surface area contributed by atoms with Gasteiger partial charge in [0.2, 0.25) is 5.95 Å². The molecular formula is C52H32N4. The van der Waals surface area contributed by atoms with Crippen LogP contribution < -0.4 is 0 Å².